The van der Waals surface area contributed by atoms with Gasteiger partial charge in [-0.2, -0.15) is 10.5 Å². The average Bonchev–Trinajstić information content (AvgIpc) is 2.38. The molecule has 0 saturated carbocycles. The number of halogens is 1. The second-order valence-corrected chi connectivity index (χ2v) is 4.79. The summed E-state index contributed by atoms with van der Waals surface area (Å²) < 4.78 is 0. The molecule has 1 heterocycles. The molecule has 0 unspecified atom stereocenters. The van der Waals surface area contributed by atoms with Crippen molar-refractivity contribution >= 4 is 11.6 Å². The lowest BCUT2D eigenvalue weighted by Crippen LogP contribution is -2.23. The molecule has 94 valence electrons. The van der Waals surface area contributed by atoms with Crippen LogP contribution in [-0.4, -0.2) is 0 Å². The van der Waals surface area contributed by atoms with Crippen molar-refractivity contribution < 1.29 is 0 Å². The summed E-state index contributed by atoms with van der Waals surface area (Å²) in [6, 6.07) is 11.7. The van der Waals surface area contributed by atoms with E-state index in [-0.39, 0.29) is 5.92 Å². The normalized spacial score (nSPS) is 15.8. The van der Waals surface area contributed by atoms with Gasteiger partial charge in [-0.3, -0.25) is 0 Å². The fourth-order valence-corrected chi connectivity index (χ4v) is 2.56. The van der Waals surface area contributed by atoms with E-state index >= 15 is 0 Å². The lowest BCUT2D eigenvalue weighted by molar-refractivity contribution is 0.814. The van der Waals surface area contributed by atoms with Crippen LogP contribution in [0.1, 0.15) is 25.3 Å². The SMILES string of the molecule is CC1=C(C#N)C(c2ccccc2Cl)C(C#N)=C(C)N1. The van der Waals surface area contributed by atoms with Gasteiger partial charge in [-0.25, -0.2) is 0 Å². The van der Waals surface area contributed by atoms with Crippen LogP contribution in [0.3, 0.4) is 0 Å². The van der Waals surface area contributed by atoms with E-state index in [9.17, 15) is 10.5 Å². The Morgan fingerprint density at radius 2 is 1.58 bits per heavy atom. The van der Waals surface area contributed by atoms with Crippen molar-refractivity contribution in [1.82, 2.24) is 5.32 Å². The van der Waals surface area contributed by atoms with Crippen molar-refractivity contribution in [3.63, 3.8) is 0 Å². The lowest BCUT2D eigenvalue weighted by atomic mass is 9.81. The predicted octanol–water partition coefficient (Wildman–Crippen LogP) is 3.62. The molecule has 0 aliphatic carbocycles. The Morgan fingerprint density at radius 1 is 1.05 bits per heavy atom. The summed E-state index contributed by atoms with van der Waals surface area (Å²) in [5, 5.41) is 22.4. The quantitative estimate of drug-likeness (QED) is 0.847. The third kappa shape index (κ3) is 2.21. The fraction of sp³-hybridized carbons (Fsp3) is 0.200. The number of nitrogens with one attached hydrogen (secondary N) is 1. The van der Waals surface area contributed by atoms with Gasteiger partial charge >= 0.3 is 0 Å². The minimum Gasteiger partial charge on any atom is -0.361 e. The second-order valence-electron chi connectivity index (χ2n) is 4.38. The summed E-state index contributed by atoms with van der Waals surface area (Å²) >= 11 is 6.21. The molecule has 0 atom stereocenters. The molecule has 0 radical (unpaired) electrons. The molecule has 0 amide bonds. The van der Waals surface area contributed by atoms with Crippen molar-refractivity contribution in [2.24, 2.45) is 0 Å². The van der Waals surface area contributed by atoms with E-state index in [0.717, 1.165) is 17.0 Å². The number of nitrogens with zero attached hydrogens (tertiary/aromatic N) is 2. The standard InChI is InChI=1S/C15H12ClN3/c1-9-12(7-17)15(13(8-18)10(2)19-9)11-5-3-4-6-14(11)16/h3-6,15,19H,1-2H3. The van der Waals surface area contributed by atoms with Crippen LogP contribution in [0, 0.1) is 22.7 Å². The van der Waals surface area contributed by atoms with Crippen LogP contribution in [0.2, 0.25) is 5.02 Å². The topological polar surface area (TPSA) is 59.6 Å². The Balaban J connectivity index is 2.69. The first-order chi connectivity index (χ1) is 9.10. The summed E-state index contributed by atoms with van der Waals surface area (Å²) in [6.45, 7) is 3.67. The van der Waals surface area contributed by atoms with Crippen molar-refractivity contribution in [3.8, 4) is 12.1 Å². The highest BCUT2D eigenvalue weighted by molar-refractivity contribution is 6.31. The maximum Gasteiger partial charge on any atom is 0.0975 e. The van der Waals surface area contributed by atoms with E-state index in [1.54, 1.807) is 6.07 Å². The van der Waals surface area contributed by atoms with E-state index < -0.39 is 0 Å². The highest BCUT2D eigenvalue weighted by Gasteiger charge is 2.30. The molecule has 19 heavy (non-hydrogen) atoms. The van der Waals surface area contributed by atoms with Crippen LogP contribution >= 0.6 is 11.6 Å². The van der Waals surface area contributed by atoms with Gasteiger partial charge in [0.2, 0.25) is 0 Å². The third-order valence-electron chi connectivity index (χ3n) is 3.22. The number of benzene rings is 1. The van der Waals surface area contributed by atoms with Gasteiger partial charge in [0.25, 0.3) is 0 Å². The van der Waals surface area contributed by atoms with Crippen molar-refractivity contribution in [2.45, 2.75) is 19.8 Å². The summed E-state index contributed by atoms with van der Waals surface area (Å²) in [7, 11) is 0. The predicted molar refractivity (Wildman–Crippen MR) is 74.0 cm³/mol. The third-order valence-corrected chi connectivity index (χ3v) is 3.56. The number of hydrogen-bond acceptors (Lipinski definition) is 3. The first-order valence-corrected chi connectivity index (χ1v) is 6.21. The Kier molecular flexibility index (Phi) is 3.60. The van der Waals surface area contributed by atoms with Gasteiger partial charge in [0.05, 0.1) is 29.2 Å². The molecule has 0 fully saturated rings. The Bertz CT molecular complexity index is 635. The molecule has 1 N–H and O–H groups in total. The van der Waals surface area contributed by atoms with Gasteiger partial charge in [0.15, 0.2) is 0 Å². The van der Waals surface area contributed by atoms with Crippen LogP contribution in [0.5, 0.6) is 0 Å². The second kappa shape index (κ2) is 5.18. The molecule has 0 saturated heterocycles. The average molecular weight is 270 g/mol. The Hall–Kier alpha value is -2.23. The molecule has 0 bridgehead atoms. The first-order valence-electron chi connectivity index (χ1n) is 5.83. The molecule has 2 rings (SSSR count). The van der Waals surface area contributed by atoms with Gasteiger partial charge in [-0.05, 0) is 25.5 Å². The van der Waals surface area contributed by atoms with E-state index in [2.05, 4.69) is 17.5 Å². The molecule has 1 aromatic rings. The summed E-state index contributed by atoms with van der Waals surface area (Å²) in [5.74, 6) is -0.384. The number of rotatable bonds is 1. The highest BCUT2D eigenvalue weighted by Crippen LogP contribution is 2.39. The molecule has 1 aliphatic rings. The van der Waals surface area contributed by atoms with Crippen LogP contribution in [0.25, 0.3) is 0 Å². The lowest BCUT2D eigenvalue weighted by Gasteiger charge is -2.26. The van der Waals surface area contributed by atoms with Gasteiger partial charge < -0.3 is 5.32 Å². The zero-order chi connectivity index (χ0) is 14.0. The maximum absolute atomic E-state index is 9.36. The van der Waals surface area contributed by atoms with E-state index in [1.165, 1.54) is 0 Å². The molecule has 1 aromatic carbocycles. The van der Waals surface area contributed by atoms with E-state index in [4.69, 9.17) is 11.6 Å². The van der Waals surface area contributed by atoms with Crippen LogP contribution < -0.4 is 5.32 Å². The van der Waals surface area contributed by atoms with Crippen LogP contribution in [0.15, 0.2) is 46.8 Å². The number of allylic oxidation sites excluding steroid dienone is 4. The molecular weight excluding hydrogens is 258 g/mol. The zero-order valence-corrected chi connectivity index (χ0v) is 11.4. The van der Waals surface area contributed by atoms with Crippen molar-refractivity contribution in [2.75, 3.05) is 0 Å². The van der Waals surface area contributed by atoms with Gasteiger partial charge in [0, 0.05) is 16.4 Å². The molecule has 3 nitrogen and oxygen atoms in total. The van der Waals surface area contributed by atoms with E-state index in [1.807, 2.05) is 32.0 Å². The summed E-state index contributed by atoms with van der Waals surface area (Å²) in [6.07, 6.45) is 0. The van der Waals surface area contributed by atoms with Crippen molar-refractivity contribution in [3.05, 3.63) is 57.4 Å². The van der Waals surface area contributed by atoms with Gasteiger partial charge in [-0.15, -0.1) is 0 Å². The zero-order valence-electron chi connectivity index (χ0n) is 10.7. The first kappa shape index (κ1) is 13.2. The van der Waals surface area contributed by atoms with Gasteiger partial charge in [0.1, 0.15) is 0 Å². The molecular formula is C15H12ClN3. The smallest absolute Gasteiger partial charge is 0.0975 e. The molecule has 0 aromatic heterocycles. The number of hydrogen-bond donors (Lipinski definition) is 1. The Morgan fingerprint density at radius 3 is 2.05 bits per heavy atom. The van der Waals surface area contributed by atoms with Gasteiger partial charge in [-0.1, -0.05) is 29.8 Å². The van der Waals surface area contributed by atoms with Crippen LogP contribution in [0.4, 0.5) is 0 Å². The maximum atomic E-state index is 9.36. The summed E-state index contributed by atoms with van der Waals surface area (Å²) in [4.78, 5) is 0. The number of nitriles is 2. The largest absolute Gasteiger partial charge is 0.361 e. The molecule has 1 aliphatic heterocycles. The minimum atomic E-state index is -0.384. The van der Waals surface area contributed by atoms with E-state index in [0.29, 0.717) is 16.2 Å². The highest BCUT2D eigenvalue weighted by atomic mass is 35.5. The molecule has 0 spiro atoms. The minimum absolute atomic E-state index is 0.384. The Labute approximate surface area is 117 Å². The van der Waals surface area contributed by atoms with Crippen LogP contribution in [-0.2, 0) is 0 Å². The monoisotopic (exact) mass is 269 g/mol. The molecule has 4 heteroatoms. The summed E-state index contributed by atoms with van der Waals surface area (Å²) in [5.41, 5.74) is 3.40. The van der Waals surface area contributed by atoms with Crippen molar-refractivity contribution in [1.29, 1.82) is 10.5 Å². The fourth-order valence-electron chi connectivity index (χ4n) is 2.31. The number of dihydropyridines is 1.